The fourth-order valence-electron chi connectivity index (χ4n) is 5.91. The molecule has 0 amide bonds. The molecule has 1 aromatic heterocycles. The molecule has 4 heteroatoms. The molecule has 4 bridgehead atoms. The second-order valence-corrected chi connectivity index (χ2v) is 8.88. The van der Waals surface area contributed by atoms with Crippen LogP contribution in [0.25, 0.3) is 22.6 Å². The SMILES string of the molecule is c1ccc(-c2nc(NN=C3C4CC5CC(C4)CC3C5)oc2-c2ccccc2)cc1. The highest BCUT2D eigenvalue weighted by molar-refractivity contribution is 5.91. The van der Waals surface area contributed by atoms with Crippen LogP contribution in [-0.2, 0) is 0 Å². The first-order valence-electron chi connectivity index (χ1n) is 10.8. The molecule has 7 rings (SSSR count). The Balaban J connectivity index is 1.33. The van der Waals surface area contributed by atoms with E-state index in [0.29, 0.717) is 17.9 Å². The van der Waals surface area contributed by atoms with Crippen LogP contribution in [0.3, 0.4) is 0 Å². The first kappa shape index (κ1) is 17.0. The van der Waals surface area contributed by atoms with Crippen molar-refractivity contribution in [1.29, 1.82) is 0 Å². The molecule has 3 aromatic rings. The first-order valence-corrected chi connectivity index (χ1v) is 10.8. The minimum Gasteiger partial charge on any atom is -0.422 e. The van der Waals surface area contributed by atoms with Crippen molar-refractivity contribution >= 4 is 11.7 Å². The van der Waals surface area contributed by atoms with Crippen LogP contribution in [0, 0.1) is 23.7 Å². The van der Waals surface area contributed by atoms with E-state index in [-0.39, 0.29) is 0 Å². The zero-order valence-electron chi connectivity index (χ0n) is 16.4. The van der Waals surface area contributed by atoms with E-state index in [1.165, 1.54) is 37.8 Å². The van der Waals surface area contributed by atoms with Gasteiger partial charge in [0.25, 0.3) is 0 Å². The lowest BCUT2D eigenvalue weighted by Gasteiger charge is -2.50. The van der Waals surface area contributed by atoms with Gasteiger partial charge in [-0.2, -0.15) is 10.1 Å². The lowest BCUT2D eigenvalue weighted by atomic mass is 9.55. The average molecular weight is 383 g/mol. The summed E-state index contributed by atoms with van der Waals surface area (Å²) in [6, 6.07) is 20.9. The molecular weight excluding hydrogens is 358 g/mol. The molecule has 0 radical (unpaired) electrons. The van der Waals surface area contributed by atoms with Crippen LogP contribution >= 0.6 is 0 Å². The Morgan fingerprint density at radius 3 is 1.97 bits per heavy atom. The minimum absolute atomic E-state index is 0.476. The quantitative estimate of drug-likeness (QED) is 0.543. The Morgan fingerprint density at radius 2 is 1.34 bits per heavy atom. The standard InChI is InChI=1S/C25H25N3O/c1-3-7-18(8-4-1)23-24(19-9-5-2-6-10-19)29-25(26-23)28-27-22-20-12-16-11-17(14-20)15-21(22)13-16/h1-10,16-17,20-21H,11-15H2,(H,26,28). The van der Waals surface area contributed by atoms with E-state index < -0.39 is 0 Å². The molecule has 4 aliphatic rings. The molecule has 4 aliphatic carbocycles. The molecule has 0 aliphatic heterocycles. The Hall–Kier alpha value is -2.88. The van der Waals surface area contributed by atoms with Gasteiger partial charge < -0.3 is 4.42 Å². The fourth-order valence-corrected chi connectivity index (χ4v) is 5.91. The van der Waals surface area contributed by atoms with Crippen LogP contribution in [0.5, 0.6) is 0 Å². The number of oxazole rings is 1. The molecule has 0 spiro atoms. The third kappa shape index (κ3) is 3.07. The largest absolute Gasteiger partial charge is 0.422 e. The van der Waals surface area contributed by atoms with E-state index in [1.807, 2.05) is 36.4 Å². The molecule has 0 unspecified atom stereocenters. The summed E-state index contributed by atoms with van der Waals surface area (Å²) >= 11 is 0. The number of nitrogens with zero attached hydrogens (tertiary/aromatic N) is 2. The molecule has 4 fully saturated rings. The number of nitrogens with one attached hydrogen (secondary N) is 1. The van der Waals surface area contributed by atoms with Crippen molar-refractivity contribution in [2.45, 2.75) is 32.1 Å². The maximum absolute atomic E-state index is 6.17. The maximum Gasteiger partial charge on any atom is 0.316 e. The van der Waals surface area contributed by atoms with Crippen molar-refractivity contribution in [3.8, 4) is 22.6 Å². The van der Waals surface area contributed by atoms with E-state index in [9.17, 15) is 0 Å². The number of hydrogen-bond donors (Lipinski definition) is 1. The summed E-state index contributed by atoms with van der Waals surface area (Å²) in [4.78, 5) is 4.77. The number of hydrazone groups is 1. The molecule has 0 saturated heterocycles. The van der Waals surface area contributed by atoms with Crippen LogP contribution in [0.15, 0.2) is 70.2 Å². The van der Waals surface area contributed by atoms with E-state index in [4.69, 9.17) is 14.5 Å². The second kappa shape index (κ2) is 6.87. The van der Waals surface area contributed by atoms with Gasteiger partial charge in [-0.1, -0.05) is 60.7 Å². The highest BCUT2D eigenvalue weighted by atomic mass is 16.4. The molecule has 146 valence electrons. The van der Waals surface area contributed by atoms with E-state index in [2.05, 4.69) is 29.7 Å². The summed E-state index contributed by atoms with van der Waals surface area (Å²) in [5, 5.41) is 4.85. The lowest BCUT2D eigenvalue weighted by Crippen LogP contribution is -2.45. The molecule has 1 N–H and O–H groups in total. The topological polar surface area (TPSA) is 50.4 Å². The summed E-state index contributed by atoms with van der Waals surface area (Å²) in [7, 11) is 0. The second-order valence-electron chi connectivity index (χ2n) is 8.88. The van der Waals surface area contributed by atoms with Crippen molar-refractivity contribution in [3.05, 3.63) is 60.7 Å². The third-order valence-corrected chi connectivity index (χ3v) is 6.97. The van der Waals surface area contributed by atoms with Crippen LogP contribution in [0.2, 0.25) is 0 Å². The Bertz CT molecular complexity index is 951. The Kier molecular flexibility index (Phi) is 4.03. The van der Waals surface area contributed by atoms with Gasteiger partial charge in [0.05, 0.1) is 0 Å². The van der Waals surface area contributed by atoms with Gasteiger partial charge in [-0.25, -0.2) is 5.43 Å². The minimum atomic E-state index is 0.476. The Morgan fingerprint density at radius 1 is 0.759 bits per heavy atom. The summed E-state index contributed by atoms with van der Waals surface area (Å²) in [6.45, 7) is 0. The van der Waals surface area contributed by atoms with Crippen molar-refractivity contribution in [2.24, 2.45) is 28.8 Å². The normalized spacial score (nSPS) is 27.2. The first-order chi connectivity index (χ1) is 14.3. The molecule has 4 saturated carbocycles. The summed E-state index contributed by atoms with van der Waals surface area (Å²) in [6.07, 6.45) is 6.74. The average Bonchev–Trinajstić information content (AvgIpc) is 3.18. The summed E-state index contributed by atoms with van der Waals surface area (Å²) in [5.41, 5.74) is 7.46. The van der Waals surface area contributed by atoms with Crippen molar-refractivity contribution in [3.63, 3.8) is 0 Å². The van der Waals surface area contributed by atoms with Crippen LogP contribution in [-0.4, -0.2) is 10.7 Å². The smallest absolute Gasteiger partial charge is 0.316 e. The van der Waals surface area contributed by atoms with Gasteiger partial charge in [-0.05, 0) is 55.8 Å². The number of hydrogen-bond acceptors (Lipinski definition) is 4. The molecule has 1 heterocycles. The van der Waals surface area contributed by atoms with Gasteiger partial charge in [0.15, 0.2) is 5.76 Å². The van der Waals surface area contributed by atoms with Crippen LogP contribution < -0.4 is 5.43 Å². The highest BCUT2D eigenvalue weighted by Crippen LogP contribution is 2.52. The van der Waals surface area contributed by atoms with Gasteiger partial charge in [0, 0.05) is 16.8 Å². The third-order valence-electron chi connectivity index (χ3n) is 6.97. The zero-order chi connectivity index (χ0) is 19.2. The molecule has 29 heavy (non-hydrogen) atoms. The van der Waals surface area contributed by atoms with E-state index in [0.717, 1.165) is 34.4 Å². The number of aromatic nitrogens is 1. The fraction of sp³-hybridized carbons (Fsp3) is 0.360. The van der Waals surface area contributed by atoms with Crippen molar-refractivity contribution < 1.29 is 4.42 Å². The van der Waals surface area contributed by atoms with E-state index in [1.54, 1.807) is 0 Å². The number of anilines is 1. The number of benzene rings is 2. The van der Waals surface area contributed by atoms with E-state index >= 15 is 0 Å². The molecule has 2 aromatic carbocycles. The number of rotatable bonds is 4. The maximum atomic E-state index is 6.17. The predicted octanol–water partition coefficient (Wildman–Crippen LogP) is 6.23. The van der Waals surface area contributed by atoms with Gasteiger partial charge in [0.2, 0.25) is 0 Å². The van der Waals surface area contributed by atoms with Crippen molar-refractivity contribution in [1.82, 2.24) is 4.98 Å². The van der Waals surface area contributed by atoms with Gasteiger partial charge >= 0.3 is 6.01 Å². The van der Waals surface area contributed by atoms with Gasteiger partial charge in [-0.3, -0.25) is 0 Å². The van der Waals surface area contributed by atoms with Crippen LogP contribution in [0.4, 0.5) is 6.01 Å². The zero-order valence-corrected chi connectivity index (χ0v) is 16.4. The lowest BCUT2D eigenvalue weighted by molar-refractivity contribution is 0.108. The van der Waals surface area contributed by atoms with Gasteiger partial charge in [0.1, 0.15) is 5.69 Å². The van der Waals surface area contributed by atoms with Gasteiger partial charge in [-0.15, -0.1) is 0 Å². The molecule has 0 atom stereocenters. The summed E-state index contributed by atoms with van der Waals surface area (Å²) in [5.74, 6) is 3.98. The Labute approximate surface area is 171 Å². The summed E-state index contributed by atoms with van der Waals surface area (Å²) < 4.78 is 6.17. The monoisotopic (exact) mass is 383 g/mol. The van der Waals surface area contributed by atoms with Crippen LogP contribution in [0.1, 0.15) is 32.1 Å². The highest BCUT2D eigenvalue weighted by Gasteiger charge is 2.46. The molecular formula is C25H25N3O. The predicted molar refractivity (Wildman–Crippen MR) is 115 cm³/mol. The van der Waals surface area contributed by atoms with Crippen molar-refractivity contribution in [2.75, 3.05) is 5.43 Å². The molecule has 4 nitrogen and oxygen atoms in total.